The molecule has 1 aromatic heterocycles. The number of nitrogen functional groups attached to an aromatic ring is 1. The van der Waals surface area contributed by atoms with Crippen LogP contribution in [-0.4, -0.2) is 21.8 Å². The second kappa shape index (κ2) is 8.75. The number of nitrogens with one attached hydrogen (secondary N) is 1. The van der Waals surface area contributed by atoms with Crippen molar-refractivity contribution >= 4 is 39.5 Å². The number of phenolic OH excluding ortho intramolecular Hbond substituents is 1. The number of aromatic nitrogens is 1. The summed E-state index contributed by atoms with van der Waals surface area (Å²) in [7, 11) is 0. The number of fused-ring (bicyclic) bond motifs is 2. The first-order chi connectivity index (χ1) is 16.5. The Labute approximate surface area is 196 Å². The van der Waals surface area contributed by atoms with Gasteiger partial charge in [0.1, 0.15) is 5.75 Å². The number of hydrogen-bond donors (Lipinski definition) is 3. The van der Waals surface area contributed by atoms with Gasteiger partial charge in [-0.15, -0.1) is 0 Å². The molecule has 0 aliphatic heterocycles. The molecule has 0 radical (unpaired) electrons. The van der Waals surface area contributed by atoms with Gasteiger partial charge in [0.2, 0.25) is 0 Å². The van der Waals surface area contributed by atoms with Crippen LogP contribution in [0.4, 0.5) is 5.69 Å². The summed E-state index contributed by atoms with van der Waals surface area (Å²) in [5.41, 5.74) is 13.2. The molecule has 1 amide bonds. The van der Waals surface area contributed by atoms with Crippen molar-refractivity contribution < 1.29 is 9.90 Å². The number of amides is 1. The molecule has 0 aliphatic carbocycles. The highest BCUT2D eigenvalue weighted by molar-refractivity contribution is 6.00. The molecule has 0 saturated heterocycles. The summed E-state index contributed by atoms with van der Waals surface area (Å²) in [5, 5.41) is 17.2. The zero-order valence-corrected chi connectivity index (χ0v) is 18.7. The SMILES string of the molecule is Cc1ccc(Cn2ccc3c(/C=N/NC(=O)c4ccc(O)c(N)c4)cccc32)c2ccccc12. The molecule has 6 nitrogen and oxygen atoms in total. The Morgan fingerprint density at radius 2 is 1.82 bits per heavy atom. The van der Waals surface area contributed by atoms with Gasteiger partial charge in [-0.05, 0) is 59.2 Å². The van der Waals surface area contributed by atoms with Gasteiger partial charge < -0.3 is 15.4 Å². The standard InChI is InChI=1S/C28H24N4O2/c1-18-9-10-21(23-7-3-2-6-22(18)23)17-32-14-13-24-20(5-4-8-26(24)32)16-30-31-28(34)19-11-12-27(33)25(29)15-19/h2-16,33H,17,29H2,1H3,(H,31,34)/b30-16+. The maximum atomic E-state index is 12.3. The van der Waals surface area contributed by atoms with Crippen LogP contribution >= 0.6 is 0 Å². The third kappa shape index (κ3) is 3.97. The molecular formula is C28H24N4O2. The van der Waals surface area contributed by atoms with E-state index in [1.807, 2.05) is 12.1 Å². The minimum Gasteiger partial charge on any atom is -0.506 e. The van der Waals surface area contributed by atoms with Crippen molar-refractivity contribution in [3.63, 3.8) is 0 Å². The van der Waals surface area contributed by atoms with E-state index in [-0.39, 0.29) is 11.4 Å². The Kier molecular flexibility index (Phi) is 5.47. The van der Waals surface area contributed by atoms with Crippen molar-refractivity contribution in [1.29, 1.82) is 0 Å². The van der Waals surface area contributed by atoms with E-state index in [9.17, 15) is 9.90 Å². The summed E-state index contributed by atoms with van der Waals surface area (Å²) in [5.74, 6) is -0.464. The number of nitrogens with two attached hydrogens (primary N) is 1. The molecule has 168 valence electrons. The molecule has 0 unspecified atom stereocenters. The fourth-order valence-electron chi connectivity index (χ4n) is 4.25. The van der Waals surface area contributed by atoms with Crippen molar-refractivity contribution in [1.82, 2.24) is 9.99 Å². The van der Waals surface area contributed by atoms with Gasteiger partial charge in [-0.3, -0.25) is 4.79 Å². The van der Waals surface area contributed by atoms with Gasteiger partial charge >= 0.3 is 0 Å². The molecule has 0 saturated carbocycles. The largest absolute Gasteiger partial charge is 0.506 e. The zero-order chi connectivity index (χ0) is 23.7. The van der Waals surface area contributed by atoms with Gasteiger partial charge in [0.15, 0.2) is 0 Å². The number of carbonyl (C=O) groups excluding carboxylic acids is 1. The zero-order valence-electron chi connectivity index (χ0n) is 18.7. The van der Waals surface area contributed by atoms with Crippen LogP contribution in [0.15, 0.2) is 90.2 Å². The third-order valence-electron chi connectivity index (χ3n) is 6.08. The molecule has 5 rings (SSSR count). The number of carbonyl (C=O) groups is 1. The molecule has 1 heterocycles. The number of aryl methyl sites for hydroxylation is 1. The lowest BCUT2D eigenvalue weighted by Crippen LogP contribution is -2.17. The van der Waals surface area contributed by atoms with Crippen molar-refractivity contribution in [3.05, 3.63) is 107 Å². The molecule has 34 heavy (non-hydrogen) atoms. The van der Waals surface area contributed by atoms with Gasteiger partial charge in [-0.2, -0.15) is 5.10 Å². The highest BCUT2D eigenvalue weighted by Gasteiger charge is 2.09. The average molecular weight is 449 g/mol. The van der Waals surface area contributed by atoms with Crippen LogP contribution in [0.5, 0.6) is 5.75 Å². The number of nitrogens with zero attached hydrogens (tertiary/aromatic N) is 2. The van der Waals surface area contributed by atoms with E-state index in [0.29, 0.717) is 5.56 Å². The normalized spacial score (nSPS) is 11.4. The first kappa shape index (κ1) is 21.3. The maximum Gasteiger partial charge on any atom is 0.271 e. The lowest BCUT2D eigenvalue weighted by molar-refractivity contribution is 0.0955. The first-order valence-electron chi connectivity index (χ1n) is 11.0. The van der Waals surface area contributed by atoms with Crippen molar-refractivity contribution in [2.45, 2.75) is 13.5 Å². The average Bonchev–Trinajstić information content (AvgIpc) is 3.26. The maximum absolute atomic E-state index is 12.3. The smallest absolute Gasteiger partial charge is 0.271 e. The summed E-state index contributed by atoms with van der Waals surface area (Å²) in [6.07, 6.45) is 3.71. The number of anilines is 1. The Bertz CT molecular complexity index is 1570. The van der Waals surface area contributed by atoms with Crippen LogP contribution in [-0.2, 0) is 6.54 Å². The van der Waals surface area contributed by atoms with Crippen LogP contribution in [0.3, 0.4) is 0 Å². The van der Waals surface area contributed by atoms with E-state index in [4.69, 9.17) is 5.73 Å². The van der Waals surface area contributed by atoms with Gasteiger partial charge in [0.25, 0.3) is 5.91 Å². The van der Waals surface area contributed by atoms with Crippen LogP contribution in [0.2, 0.25) is 0 Å². The molecule has 0 aliphatic rings. The number of aromatic hydroxyl groups is 1. The fraction of sp³-hybridized carbons (Fsp3) is 0.0714. The summed E-state index contributed by atoms with van der Waals surface area (Å²) in [6, 6.07) is 25.2. The topological polar surface area (TPSA) is 92.6 Å². The predicted molar refractivity (Wildman–Crippen MR) is 137 cm³/mol. The van der Waals surface area contributed by atoms with Gasteiger partial charge in [0.05, 0.1) is 11.9 Å². The quantitative estimate of drug-likeness (QED) is 0.149. The Morgan fingerprint density at radius 1 is 1.00 bits per heavy atom. The van der Waals surface area contributed by atoms with E-state index >= 15 is 0 Å². The van der Waals surface area contributed by atoms with Crippen LogP contribution < -0.4 is 11.2 Å². The molecule has 0 spiro atoms. The second-order valence-electron chi connectivity index (χ2n) is 8.28. The molecule has 0 bridgehead atoms. The minimum atomic E-state index is -0.404. The van der Waals surface area contributed by atoms with E-state index in [2.05, 4.69) is 76.7 Å². The number of hydrogen-bond acceptors (Lipinski definition) is 4. The summed E-state index contributed by atoms with van der Waals surface area (Å²) < 4.78 is 2.22. The summed E-state index contributed by atoms with van der Waals surface area (Å²) in [4.78, 5) is 12.3. The minimum absolute atomic E-state index is 0.0603. The van der Waals surface area contributed by atoms with Crippen LogP contribution in [0.25, 0.3) is 21.7 Å². The molecule has 4 N–H and O–H groups in total. The third-order valence-corrected chi connectivity index (χ3v) is 6.08. The van der Waals surface area contributed by atoms with Gasteiger partial charge in [-0.1, -0.05) is 48.5 Å². The van der Waals surface area contributed by atoms with Crippen molar-refractivity contribution in [2.75, 3.05) is 5.73 Å². The lowest BCUT2D eigenvalue weighted by Gasteiger charge is -2.11. The van der Waals surface area contributed by atoms with Crippen LogP contribution in [0, 0.1) is 6.92 Å². The Morgan fingerprint density at radius 3 is 2.65 bits per heavy atom. The fourth-order valence-corrected chi connectivity index (χ4v) is 4.25. The second-order valence-corrected chi connectivity index (χ2v) is 8.28. The van der Waals surface area contributed by atoms with Crippen LogP contribution in [0.1, 0.15) is 27.0 Å². The summed E-state index contributed by atoms with van der Waals surface area (Å²) in [6.45, 7) is 2.89. The molecule has 5 aromatic rings. The van der Waals surface area contributed by atoms with Crippen molar-refractivity contribution in [3.8, 4) is 5.75 Å². The lowest BCUT2D eigenvalue weighted by atomic mass is 10.0. The number of hydrazone groups is 1. The van der Waals surface area contributed by atoms with Crippen molar-refractivity contribution in [2.24, 2.45) is 5.10 Å². The van der Waals surface area contributed by atoms with Gasteiger partial charge in [-0.25, -0.2) is 5.43 Å². The highest BCUT2D eigenvalue weighted by Crippen LogP contribution is 2.26. The molecular weight excluding hydrogens is 424 g/mol. The monoisotopic (exact) mass is 448 g/mol. The molecule has 4 aromatic carbocycles. The number of rotatable bonds is 5. The molecule has 6 heteroatoms. The Hall–Kier alpha value is -4.58. The van der Waals surface area contributed by atoms with E-state index in [0.717, 1.165) is 23.0 Å². The van der Waals surface area contributed by atoms with E-state index < -0.39 is 5.91 Å². The van der Waals surface area contributed by atoms with E-state index in [1.165, 1.54) is 40.1 Å². The van der Waals surface area contributed by atoms with E-state index in [1.54, 1.807) is 6.21 Å². The number of benzene rings is 4. The molecule has 0 atom stereocenters. The number of phenols is 1. The highest BCUT2D eigenvalue weighted by atomic mass is 16.3. The first-order valence-corrected chi connectivity index (χ1v) is 11.0. The van der Waals surface area contributed by atoms with Gasteiger partial charge in [0, 0.05) is 34.8 Å². The summed E-state index contributed by atoms with van der Waals surface area (Å²) >= 11 is 0. The Balaban J connectivity index is 1.39. The molecule has 0 fully saturated rings. The predicted octanol–water partition coefficient (Wildman–Crippen LogP) is 5.20.